The lowest BCUT2D eigenvalue weighted by atomic mass is 10.1. The Hall–Kier alpha value is -4.10. The predicted octanol–water partition coefficient (Wildman–Crippen LogP) is 4.67. The summed E-state index contributed by atoms with van der Waals surface area (Å²) in [5.74, 6) is 0.0115. The van der Waals surface area contributed by atoms with Gasteiger partial charge in [0.05, 0.1) is 19.9 Å². The van der Waals surface area contributed by atoms with Crippen molar-refractivity contribution >= 4 is 35.2 Å². The highest BCUT2D eigenvalue weighted by atomic mass is 35.5. The number of hydrazone groups is 1. The first-order valence-electron chi connectivity index (χ1n) is 10.3. The summed E-state index contributed by atoms with van der Waals surface area (Å²) < 4.78 is 10.6. The zero-order valence-corrected chi connectivity index (χ0v) is 19.7. The molecule has 0 saturated heterocycles. The van der Waals surface area contributed by atoms with Crippen LogP contribution in [0.25, 0.3) is 6.08 Å². The largest absolute Gasteiger partial charge is 0.493 e. The molecule has 3 aromatic carbocycles. The Labute approximate surface area is 203 Å². The number of carbonyl (C=O) groups excluding carboxylic acids is 2. The Kier molecular flexibility index (Phi) is 8.43. The molecule has 0 bridgehead atoms. The maximum Gasteiger partial charge on any atom is 0.287 e. The van der Waals surface area contributed by atoms with Crippen molar-refractivity contribution in [1.82, 2.24) is 10.7 Å². The molecule has 7 nitrogen and oxygen atoms in total. The van der Waals surface area contributed by atoms with Crippen molar-refractivity contribution in [3.8, 4) is 11.5 Å². The molecule has 0 atom stereocenters. The molecule has 34 heavy (non-hydrogen) atoms. The van der Waals surface area contributed by atoms with Gasteiger partial charge in [-0.15, -0.1) is 0 Å². The molecule has 0 fully saturated rings. The van der Waals surface area contributed by atoms with Gasteiger partial charge in [-0.2, -0.15) is 5.10 Å². The van der Waals surface area contributed by atoms with E-state index in [9.17, 15) is 9.59 Å². The van der Waals surface area contributed by atoms with E-state index in [1.54, 1.807) is 79.7 Å². The number of ether oxygens (including phenoxy) is 2. The Bertz CT molecular complexity index is 1220. The first-order chi connectivity index (χ1) is 16.4. The van der Waals surface area contributed by atoms with Gasteiger partial charge in [-0.05, 0) is 60.5 Å². The molecule has 0 saturated carbocycles. The van der Waals surface area contributed by atoms with Crippen LogP contribution in [0.3, 0.4) is 0 Å². The number of nitrogens with one attached hydrogen (secondary N) is 2. The second kappa shape index (κ2) is 11.7. The van der Waals surface area contributed by atoms with Crippen molar-refractivity contribution in [3.63, 3.8) is 0 Å². The fraction of sp³-hybridized carbons (Fsp3) is 0.115. The maximum atomic E-state index is 13.0. The fourth-order valence-corrected chi connectivity index (χ4v) is 3.13. The van der Waals surface area contributed by atoms with Crippen molar-refractivity contribution in [1.29, 1.82) is 0 Å². The number of nitrogens with zero attached hydrogens (tertiary/aromatic N) is 1. The van der Waals surface area contributed by atoms with E-state index in [1.807, 2.05) is 0 Å². The minimum atomic E-state index is -0.590. The van der Waals surface area contributed by atoms with Crippen LogP contribution in [0.2, 0.25) is 5.02 Å². The van der Waals surface area contributed by atoms with Crippen molar-refractivity contribution in [2.45, 2.75) is 6.92 Å². The first-order valence-corrected chi connectivity index (χ1v) is 10.7. The molecule has 174 valence electrons. The van der Waals surface area contributed by atoms with E-state index < -0.39 is 11.8 Å². The van der Waals surface area contributed by atoms with Crippen LogP contribution in [0.4, 0.5) is 0 Å². The number of carbonyl (C=O) groups is 2. The van der Waals surface area contributed by atoms with E-state index in [0.29, 0.717) is 33.4 Å². The van der Waals surface area contributed by atoms with Crippen molar-refractivity contribution in [2.24, 2.45) is 5.10 Å². The number of hydrogen-bond donors (Lipinski definition) is 2. The first kappa shape index (κ1) is 24.5. The van der Waals surface area contributed by atoms with Gasteiger partial charge in [-0.3, -0.25) is 9.59 Å². The van der Waals surface area contributed by atoms with E-state index in [4.69, 9.17) is 21.1 Å². The normalized spacial score (nSPS) is 11.5. The third-order valence-electron chi connectivity index (χ3n) is 4.83. The van der Waals surface area contributed by atoms with Gasteiger partial charge in [0.2, 0.25) is 0 Å². The van der Waals surface area contributed by atoms with Crippen LogP contribution in [0.5, 0.6) is 11.5 Å². The smallest absolute Gasteiger partial charge is 0.287 e. The van der Waals surface area contributed by atoms with Gasteiger partial charge in [0, 0.05) is 10.6 Å². The molecule has 0 heterocycles. The molecule has 0 radical (unpaired) electrons. The van der Waals surface area contributed by atoms with E-state index in [-0.39, 0.29) is 5.70 Å². The van der Waals surface area contributed by atoms with Crippen LogP contribution in [0.1, 0.15) is 28.4 Å². The van der Waals surface area contributed by atoms with Gasteiger partial charge < -0.3 is 14.8 Å². The summed E-state index contributed by atoms with van der Waals surface area (Å²) in [7, 11) is 3.05. The van der Waals surface area contributed by atoms with Gasteiger partial charge in [-0.1, -0.05) is 48.0 Å². The fourth-order valence-electron chi connectivity index (χ4n) is 3.00. The van der Waals surface area contributed by atoms with Crippen molar-refractivity contribution < 1.29 is 19.1 Å². The van der Waals surface area contributed by atoms with E-state index >= 15 is 0 Å². The summed E-state index contributed by atoms with van der Waals surface area (Å²) in [6.45, 7) is 1.75. The summed E-state index contributed by atoms with van der Waals surface area (Å²) in [5.41, 5.74) is 4.91. The van der Waals surface area contributed by atoms with Crippen LogP contribution in [0.15, 0.2) is 83.6 Å². The number of methoxy groups -OCH3 is 2. The quantitative estimate of drug-likeness (QED) is 0.280. The van der Waals surface area contributed by atoms with E-state index in [1.165, 1.54) is 20.3 Å². The molecule has 0 unspecified atom stereocenters. The molecule has 3 aromatic rings. The average molecular weight is 478 g/mol. The lowest BCUT2D eigenvalue weighted by Crippen LogP contribution is -2.33. The van der Waals surface area contributed by atoms with E-state index in [2.05, 4.69) is 15.8 Å². The van der Waals surface area contributed by atoms with Crippen molar-refractivity contribution in [3.05, 3.63) is 100 Å². The van der Waals surface area contributed by atoms with Crippen LogP contribution >= 0.6 is 11.6 Å². The van der Waals surface area contributed by atoms with Crippen LogP contribution < -0.4 is 20.2 Å². The summed E-state index contributed by atoms with van der Waals surface area (Å²) in [5, 5.41) is 7.44. The Morgan fingerprint density at radius 2 is 1.56 bits per heavy atom. The second-order valence-corrected chi connectivity index (χ2v) is 7.57. The Morgan fingerprint density at radius 3 is 2.21 bits per heavy atom. The molecular weight excluding hydrogens is 454 g/mol. The SMILES string of the molecule is COc1ccc(/C=C(/NC(=O)c2ccccc2)C(=O)N/N=C(\C)c2ccc(Cl)cc2)cc1OC. The molecule has 0 aliphatic heterocycles. The minimum absolute atomic E-state index is 0.00808. The molecule has 0 aliphatic rings. The summed E-state index contributed by atoms with van der Waals surface area (Å²) in [4.78, 5) is 25.7. The van der Waals surface area contributed by atoms with Gasteiger partial charge >= 0.3 is 0 Å². The van der Waals surface area contributed by atoms with Gasteiger partial charge in [0.25, 0.3) is 11.8 Å². The Balaban J connectivity index is 1.89. The van der Waals surface area contributed by atoms with Gasteiger partial charge in [0.1, 0.15) is 5.70 Å². The lowest BCUT2D eigenvalue weighted by Gasteiger charge is -2.11. The average Bonchev–Trinajstić information content (AvgIpc) is 2.87. The lowest BCUT2D eigenvalue weighted by molar-refractivity contribution is -0.117. The van der Waals surface area contributed by atoms with Gasteiger partial charge in [0.15, 0.2) is 11.5 Å². The van der Waals surface area contributed by atoms with Crippen LogP contribution in [-0.2, 0) is 4.79 Å². The predicted molar refractivity (Wildman–Crippen MR) is 133 cm³/mol. The zero-order chi connectivity index (χ0) is 24.5. The van der Waals surface area contributed by atoms with Crippen LogP contribution in [-0.4, -0.2) is 31.7 Å². The molecule has 2 N–H and O–H groups in total. The molecule has 0 aliphatic carbocycles. The summed E-state index contributed by atoms with van der Waals surface area (Å²) in [6, 6.07) is 20.8. The third-order valence-corrected chi connectivity index (χ3v) is 5.09. The molecule has 3 rings (SSSR count). The minimum Gasteiger partial charge on any atom is -0.493 e. The second-order valence-electron chi connectivity index (χ2n) is 7.14. The highest BCUT2D eigenvalue weighted by Crippen LogP contribution is 2.28. The number of rotatable bonds is 8. The summed E-state index contributed by atoms with van der Waals surface area (Å²) >= 11 is 5.93. The molecule has 0 spiro atoms. The zero-order valence-electron chi connectivity index (χ0n) is 19.0. The van der Waals surface area contributed by atoms with Gasteiger partial charge in [-0.25, -0.2) is 5.43 Å². The molecule has 2 amide bonds. The number of halogens is 1. The molecule has 0 aromatic heterocycles. The number of benzene rings is 3. The Morgan fingerprint density at radius 1 is 0.882 bits per heavy atom. The molecule has 8 heteroatoms. The summed E-state index contributed by atoms with van der Waals surface area (Å²) in [6.07, 6.45) is 1.53. The monoisotopic (exact) mass is 477 g/mol. The third kappa shape index (κ3) is 6.46. The standard InChI is InChI=1S/C26H24ClN3O4/c1-17(19-10-12-21(27)13-11-19)29-30-26(32)22(28-25(31)20-7-5-4-6-8-20)15-18-9-14-23(33-2)24(16-18)34-3/h4-16H,1-3H3,(H,28,31)(H,30,32)/b22-15+,29-17+. The van der Waals surface area contributed by atoms with Crippen molar-refractivity contribution in [2.75, 3.05) is 14.2 Å². The van der Waals surface area contributed by atoms with E-state index in [0.717, 1.165) is 5.56 Å². The topological polar surface area (TPSA) is 89.0 Å². The number of amides is 2. The number of hydrogen-bond acceptors (Lipinski definition) is 5. The molecular formula is C26H24ClN3O4. The van der Waals surface area contributed by atoms with Crippen LogP contribution in [0, 0.1) is 0 Å². The maximum absolute atomic E-state index is 13.0. The highest BCUT2D eigenvalue weighted by Gasteiger charge is 2.15. The highest BCUT2D eigenvalue weighted by molar-refractivity contribution is 6.30.